The van der Waals surface area contributed by atoms with E-state index >= 15 is 0 Å². The van der Waals surface area contributed by atoms with Gasteiger partial charge in [-0.05, 0) is 37.6 Å². The lowest BCUT2D eigenvalue weighted by molar-refractivity contribution is -0.116. The molecular weight excluding hydrogens is 359 g/mol. The van der Waals surface area contributed by atoms with Gasteiger partial charge in [0.2, 0.25) is 5.91 Å². The highest BCUT2D eigenvalue weighted by atomic mass is 35.5. The minimum atomic E-state index is -0.306. The SMILES string of the molecule is CCCC(=O)Nc1c(Cl)cc(Cl)cc1C(=O)N(C)c1ccc(C)cc1. The molecule has 2 aromatic carbocycles. The van der Waals surface area contributed by atoms with Crippen molar-refractivity contribution in [3.05, 3.63) is 57.6 Å². The van der Waals surface area contributed by atoms with Crippen molar-refractivity contribution in [2.75, 3.05) is 17.3 Å². The van der Waals surface area contributed by atoms with E-state index in [4.69, 9.17) is 23.2 Å². The number of nitrogens with zero attached hydrogens (tertiary/aromatic N) is 1. The highest BCUT2D eigenvalue weighted by Crippen LogP contribution is 2.32. The zero-order valence-electron chi connectivity index (χ0n) is 14.4. The molecule has 0 aliphatic carbocycles. The van der Waals surface area contributed by atoms with Crippen LogP contribution in [0, 0.1) is 6.92 Å². The van der Waals surface area contributed by atoms with E-state index in [0.29, 0.717) is 17.9 Å². The van der Waals surface area contributed by atoms with E-state index in [1.807, 2.05) is 38.1 Å². The first kappa shape index (κ1) is 19.3. The van der Waals surface area contributed by atoms with Gasteiger partial charge in [0.1, 0.15) is 0 Å². The van der Waals surface area contributed by atoms with Crippen molar-refractivity contribution >= 4 is 46.4 Å². The number of aryl methyl sites for hydroxylation is 1. The fourth-order valence-corrected chi connectivity index (χ4v) is 2.91. The van der Waals surface area contributed by atoms with Gasteiger partial charge >= 0.3 is 0 Å². The van der Waals surface area contributed by atoms with Crippen LogP contribution in [-0.2, 0) is 4.79 Å². The zero-order valence-corrected chi connectivity index (χ0v) is 15.9. The number of hydrogen-bond acceptors (Lipinski definition) is 2. The van der Waals surface area contributed by atoms with Gasteiger partial charge in [-0.25, -0.2) is 0 Å². The fraction of sp³-hybridized carbons (Fsp3) is 0.263. The molecule has 0 aromatic heterocycles. The van der Waals surface area contributed by atoms with E-state index in [2.05, 4.69) is 5.32 Å². The van der Waals surface area contributed by atoms with Gasteiger partial charge in [0.25, 0.3) is 5.91 Å². The largest absolute Gasteiger partial charge is 0.324 e. The lowest BCUT2D eigenvalue weighted by Crippen LogP contribution is -2.28. The van der Waals surface area contributed by atoms with Crippen LogP contribution in [0.1, 0.15) is 35.7 Å². The molecule has 0 aliphatic heterocycles. The van der Waals surface area contributed by atoms with Crippen LogP contribution in [0.15, 0.2) is 36.4 Å². The number of amides is 2. The molecule has 0 saturated carbocycles. The average Bonchev–Trinajstić information content (AvgIpc) is 2.56. The van der Waals surface area contributed by atoms with E-state index in [9.17, 15) is 9.59 Å². The van der Waals surface area contributed by atoms with Gasteiger partial charge in [0, 0.05) is 24.2 Å². The number of benzene rings is 2. The van der Waals surface area contributed by atoms with E-state index < -0.39 is 0 Å². The molecule has 0 unspecified atom stereocenters. The molecule has 0 saturated heterocycles. The highest BCUT2D eigenvalue weighted by Gasteiger charge is 2.21. The van der Waals surface area contributed by atoms with E-state index in [1.54, 1.807) is 7.05 Å². The van der Waals surface area contributed by atoms with Gasteiger partial charge in [-0.15, -0.1) is 0 Å². The maximum atomic E-state index is 13.0. The number of rotatable bonds is 5. The second-order valence-electron chi connectivity index (χ2n) is 5.81. The Morgan fingerprint density at radius 2 is 1.76 bits per heavy atom. The zero-order chi connectivity index (χ0) is 18.6. The van der Waals surface area contributed by atoms with Gasteiger partial charge in [0.05, 0.1) is 16.3 Å². The lowest BCUT2D eigenvalue weighted by atomic mass is 10.1. The van der Waals surface area contributed by atoms with Crippen LogP contribution in [0.4, 0.5) is 11.4 Å². The van der Waals surface area contributed by atoms with Crippen molar-refractivity contribution in [1.29, 1.82) is 0 Å². The average molecular weight is 379 g/mol. The Kier molecular flexibility index (Phi) is 6.45. The maximum Gasteiger partial charge on any atom is 0.260 e. The monoisotopic (exact) mass is 378 g/mol. The number of carbonyl (C=O) groups excluding carboxylic acids is 2. The normalized spacial score (nSPS) is 10.4. The first-order chi connectivity index (χ1) is 11.8. The van der Waals surface area contributed by atoms with Gasteiger partial charge in [-0.3, -0.25) is 9.59 Å². The Morgan fingerprint density at radius 3 is 2.36 bits per heavy atom. The summed E-state index contributed by atoms with van der Waals surface area (Å²) in [5.74, 6) is -0.501. The maximum absolute atomic E-state index is 13.0. The molecule has 0 aliphatic rings. The molecule has 6 heteroatoms. The molecule has 0 heterocycles. The van der Waals surface area contributed by atoms with Crippen molar-refractivity contribution in [2.24, 2.45) is 0 Å². The van der Waals surface area contributed by atoms with Crippen LogP contribution in [0.3, 0.4) is 0 Å². The van der Waals surface area contributed by atoms with Crippen LogP contribution < -0.4 is 10.2 Å². The molecule has 0 fully saturated rings. The van der Waals surface area contributed by atoms with Gasteiger partial charge in [-0.2, -0.15) is 0 Å². The van der Waals surface area contributed by atoms with E-state index in [1.165, 1.54) is 17.0 Å². The molecule has 0 atom stereocenters. The van der Waals surface area contributed by atoms with Gasteiger partial charge < -0.3 is 10.2 Å². The first-order valence-corrected chi connectivity index (χ1v) is 8.72. The molecule has 2 aromatic rings. The number of halogens is 2. The quantitative estimate of drug-likeness (QED) is 0.765. The number of carbonyl (C=O) groups is 2. The van der Waals surface area contributed by atoms with Crippen LogP contribution in [0.2, 0.25) is 10.0 Å². The van der Waals surface area contributed by atoms with E-state index in [0.717, 1.165) is 11.3 Å². The Morgan fingerprint density at radius 1 is 1.12 bits per heavy atom. The van der Waals surface area contributed by atoms with Crippen LogP contribution >= 0.6 is 23.2 Å². The molecule has 4 nitrogen and oxygen atoms in total. The smallest absolute Gasteiger partial charge is 0.260 e. The summed E-state index contributed by atoms with van der Waals surface area (Å²) in [6.07, 6.45) is 1.05. The van der Waals surface area contributed by atoms with Crippen molar-refractivity contribution in [3.8, 4) is 0 Å². The van der Waals surface area contributed by atoms with Crippen molar-refractivity contribution in [1.82, 2.24) is 0 Å². The molecule has 2 amide bonds. The summed E-state index contributed by atoms with van der Waals surface area (Å²) < 4.78 is 0. The summed E-state index contributed by atoms with van der Waals surface area (Å²) in [7, 11) is 1.67. The minimum Gasteiger partial charge on any atom is -0.324 e. The van der Waals surface area contributed by atoms with Crippen LogP contribution in [-0.4, -0.2) is 18.9 Å². The lowest BCUT2D eigenvalue weighted by Gasteiger charge is -2.20. The predicted octanol–water partition coefficient (Wildman–Crippen LogP) is 5.32. The molecule has 1 N–H and O–H groups in total. The minimum absolute atomic E-state index is 0.196. The summed E-state index contributed by atoms with van der Waals surface area (Å²) in [6.45, 7) is 3.88. The number of hydrogen-bond donors (Lipinski definition) is 1. The summed E-state index contributed by atoms with van der Waals surface area (Å²) in [5.41, 5.74) is 2.37. The third-order valence-electron chi connectivity index (χ3n) is 3.75. The summed E-state index contributed by atoms with van der Waals surface area (Å²) >= 11 is 12.3. The van der Waals surface area contributed by atoms with Gasteiger partial charge in [-0.1, -0.05) is 47.8 Å². The summed E-state index contributed by atoms with van der Waals surface area (Å²) in [6, 6.07) is 10.6. The number of nitrogens with one attached hydrogen (secondary N) is 1. The van der Waals surface area contributed by atoms with Crippen LogP contribution in [0.25, 0.3) is 0 Å². The third-order valence-corrected chi connectivity index (χ3v) is 4.27. The predicted molar refractivity (Wildman–Crippen MR) is 104 cm³/mol. The van der Waals surface area contributed by atoms with Crippen molar-refractivity contribution in [3.63, 3.8) is 0 Å². The Labute approximate surface area is 157 Å². The molecule has 25 heavy (non-hydrogen) atoms. The first-order valence-electron chi connectivity index (χ1n) is 7.97. The molecule has 2 rings (SSSR count). The number of anilines is 2. The molecular formula is C19H20Cl2N2O2. The van der Waals surface area contributed by atoms with Crippen molar-refractivity contribution in [2.45, 2.75) is 26.7 Å². The molecule has 0 radical (unpaired) electrons. The standard InChI is InChI=1S/C19H20Cl2N2O2/c1-4-5-17(24)22-18-15(10-13(20)11-16(18)21)19(25)23(3)14-8-6-12(2)7-9-14/h6-11H,4-5H2,1-3H3,(H,22,24). The molecule has 132 valence electrons. The summed E-state index contributed by atoms with van der Waals surface area (Å²) in [4.78, 5) is 26.4. The van der Waals surface area contributed by atoms with Crippen LogP contribution in [0.5, 0.6) is 0 Å². The fourth-order valence-electron chi connectivity index (χ4n) is 2.36. The topological polar surface area (TPSA) is 49.4 Å². The van der Waals surface area contributed by atoms with Crippen molar-refractivity contribution < 1.29 is 9.59 Å². The second kappa shape index (κ2) is 8.37. The Bertz CT molecular complexity index is 789. The molecule has 0 bridgehead atoms. The summed E-state index contributed by atoms with van der Waals surface area (Å²) in [5, 5.41) is 3.29. The highest BCUT2D eigenvalue weighted by molar-refractivity contribution is 6.38. The third kappa shape index (κ3) is 4.74. The Balaban J connectivity index is 2.40. The van der Waals surface area contributed by atoms with Gasteiger partial charge in [0.15, 0.2) is 0 Å². The Hall–Kier alpha value is -2.04. The molecule has 0 spiro atoms. The second-order valence-corrected chi connectivity index (χ2v) is 6.65. The van der Waals surface area contributed by atoms with E-state index in [-0.39, 0.29) is 28.1 Å².